The largest absolute Gasteiger partial charge is 0.381 e. The molecule has 0 aromatic heterocycles. The van der Waals surface area contributed by atoms with Crippen molar-refractivity contribution in [1.82, 2.24) is 0 Å². The summed E-state index contributed by atoms with van der Waals surface area (Å²) < 4.78 is 5.68. The van der Waals surface area contributed by atoms with E-state index in [1.807, 2.05) is 0 Å². The van der Waals surface area contributed by atoms with Crippen molar-refractivity contribution in [3.8, 4) is 0 Å². The highest BCUT2D eigenvalue weighted by atomic mass is 16.5. The molecule has 0 spiro atoms. The SMILES string of the molecule is CC(C)CCCC(C)(C)CCCOCCC(C)C. The molecule has 1 nitrogen and oxygen atoms in total. The Kier molecular flexibility index (Phi) is 9.81. The molecule has 0 aromatic rings. The van der Waals surface area contributed by atoms with Gasteiger partial charge in [0.25, 0.3) is 0 Å². The molecule has 0 rings (SSSR count). The van der Waals surface area contributed by atoms with E-state index in [2.05, 4.69) is 41.5 Å². The molecule has 0 radical (unpaired) electrons. The first-order valence-electron chi connectivity index (χ1n) is 7.91. The Morgan fingerprint density at radius 2 is 1.33 bits per heavy atom. The van der Waals surface area contributed by atoms with Crippen LogP contribution >= 0.6 is 0 Å². The minimum absolute atomic E-state index is 0.496. The predicted octanol–water partition coefficient (Wildman–Crippen LogP) is 5.68. The van der Waals surface area contributed by atoms with Crippen LogP contribution in [0.15, 0.2) is 0 Å². The van der Waals surface area contributed by atoms with Crippen molar-refractivity contribution in [2.75, 3.05) is 13.2 Å². The Labute approximate surface area is 116 Å². The standard InChI is InChI=1S/C17H36O/c1-15(2)9-7-11-17(5,6)12-8-13-18-14-10-16(3)4/h15-16H,7-14H2,1-6H3. The fraction of sp³-hybridized carbons (Fsp3) is 1.00. The van der Waals surface area contributed by atoms with Gasteiger partial charge in [-0.05, 0) is 42.9 Å². The molecule has 0 aliphatic heterocycles. The lowest BCUT2D eigenvalue weighted by Gasteiger charge is -2.25. The van der Waals surface area contributed by atoms with Crippen LogP contribution in [0.5, 0.6) is 0 Å². The second-order valence-corrected chi connectivity index (χ2v) is 7.35. The van der Waals surface area contributed by atoms with Crippen molar-refractivity contribution >= 4 is 0 Å². The summed E-state index contributed by atoms with van der Waals surface area (Å²) in [6.45, 7) is 15.8. The van der Waals surface area contributed by atoms with Crippen LogP contribution in [0, 0.1) is 17.3 Å². The van der Waals surface area contributed by atoms with Crippen LogP contribution in [-0.4, -0.2) is 13.2 Å². The smallest absolute Gasteiger partial charge is 0.0468 e. The topological polar surface area (TPSA) is 9.23 Å². The van der Waals surface area contributed by atoms with E-state index in [1.54, 1.807) is 0 Å². The number of hydrogen-bond acceptors (Lipinski definition) is 1. The van der Waals surface area contributed by atoms with Crippen molar-refractivity contribution in [1.29, 1.82) is 0 Å². The normalized spacial score (nSPS) is 12.7. The Morgan fingerprint density at radius 1 is 0.778 bits per heavy atom. The maximum Gasteiger partial charge on any atom is 0.0468 e. The second kappa shape index (κ2) is 9.83. The highest BCUT2D eigenvalue weighted by Crippen LogP contribution is 2.29. The molecule has 0 amide bonds. The van der Waals surface area contributed by atoms with Gasteiger partial charge in [-0.25, -0.2) is 0 Å². The lowest BCUT2D eigenvalue weighted by molar-refractivity contribution is 0.110. The summed E-state index contributed by atoms with van der Waals surface area (Å²) in [5.74, 6) is 1.61. The van der Waals surface area contributed by atoms with Crippen LogP contribution in [0.1, 0.15) is 80.1 Å². The van der Waals surface area contributed by atoms with E-state index < -0.39 is 0 Å². The summed E-state index contributed by atoms with van der Waals surface area (Å²) in [6, 6.07) is 0. The van der Waals surface area contributed by atoms with Crippen LogP contribution in [0.3, 0.4) is 0 Å². The monoisotopic (exact) mass is 256 g/mol. The molecule has 0 atom stereocenters. The lowest BCUT2D eigenvalue weighted by atomic mass is 9.82. The predicted molar refractivity (Wildman–Crippen MR) is 82.0 cm³/mol. The summed E-state index contributed by atoms with van der Waals surface area (Å²) in [7, 11) is 0. The zero-order valence-electron chi connectivity index (χ0n) is 13.7. The van der Waals surface area contributed by atoms with Crippen molar-refractivity contribution in [2.45, 2.75) is 80.1 Å². The summed E-state index contributed by atoms with van der Waals surface area (Å²) in [4.78, 5) is 0. The van der Waals surface area contributed by atoms with Gasteiger partial charge >= 0.3 is 0 Å². The fourth-order valence-electron chi connectivity index (χ4n) is 2.19. The van der Waals surface area contributed by atoms with Gasteiger partial charge in [-0.15, -0.1) is 0 Å². The second-order valence-electron chi connectivity index (χ2n) is 7.35. The van der Waals surface area contributed by atoms with Gasteiger partial charge in [0.1, 0.15) is 0 Å². The Bertz CT molecular complexity index is 182. The molecule has 1 heteroatoms. The van der Waals surface area contributed by atoms with E-state index in [9.17, 15) is 0 Å². The minimum Gasteiger partial charge on any atom is -0.381 e. The zero-order valence-corrected chi connectivity index (χ0v) is 13.7. The van der Waals surface area contributed by atoms with Gasteiger partial charge in [0.15, 0.2) is 0 Å². The van der Waals surface area contributed by atoms with E-state index in [0.717, 1.165) is 25.0 Å². The Morgan fingerprint density at radius 3 is 1.89 bits per heavy atom. The van der Waals surface area contributed by atoms with E-state index in [4.69, 9.17) is 4.74 Å². The maximum absolute atomic E-state index is 5.68. The van der Waals surface area contributed by atoms with Crippen LogP contribution < -0.4 is 0 Å². The summed E-state index contributed by atoms with van der Waals surface area (Å²) >= 11 is 0. The molecule has 0 saturated heterocycles. The molecule has 0 aliphatic rings. The molecular formula is C17H36O. The first-order valence-corrected chi connectivity index (χ1v) is 7.91. The zero-order chi connectivity index (χ0) is 14.0. The third-order valence-electron chi connectivity index (χ3n) is 3.62. The average Bonchev–Trinajstić information content (AvgIpc) is 2.21. The van der Waals surface area contributed by atoms with Gasteiger partial charge in [-0.2, -0.15) is 0 Å². The first-order chi connectivity index (χ1) is 8.33. The third kappa shape index (κ3) is 12.4. The molecule has 0 saturated carbocycles. The van der Waals surface area contributed by atoms with Crippen LogP contribution in [0.25, 0.3) is 0 Å². The molecular weight excluding hydrogens is 220 g/mol. The van der Waals surface area contributed by atoms with Gasteiger partial charge < -0.3 is 4.74 Å². The molecule has 0 aromatic carbocycles. The van der Waals surface area contributed by atoms with E-state index in [0.29, 0.717) is 5.41 Å². The highest BCUT2D eigenvalue weighted by Gasteiger charge is 2.16. The highest BCUT2D eigenvalue weighted by molar-refractivity contribution is 4.69. The number of ether oxygens (including phenoxy) is 1. The third-order valence-corrected chi connectivity index (χ3v) is 3.62. The van der Waals surface area contributed by atoms with Crippen LogP contribution in [-0.2, 0) is 4.74 Å². The molecule has 0 unspecified atom stereocenters. The lowest BCUT2D eigenvalue weighted by Crippen LogP contribution is -2.13. The molecule has 0 fully saturated rings. The van der Waals surface area contributed by atoms with Gasteiger partial charge in [0, 0.05) is 13.2 Å². The van der Waals surface area contributed by atoms with Gasteiger partial charge in [0.2, 0.25) is 0 Å². The van der Waals surface area contributed by atoms with Gasteiger partial charge in [0.05, 0.1) is 0 Å². The fourth-order valence-corrected chi connectivity index (χ4v) is 2.19. The van der Waals surface area contributed by atoms with Gasteiger partial charge in [-0.3, -0.25) is 0 Å². The van der Waals surface area contributed by atoms with Crippen molar-refractivity contribution in [3.63, 3.8) is 0 Å². The minimum atomic E-state index is 0.496. The summed E-state index contributed by atoms with van der Waals surface area (Å²) in [6.07, 6.45) is 7.81. The van der Waals surface area contributed by atoms with E-state index in [1.165, 1.54) is 38.5 Å². The van der Waals surface area contributed by atoms with Crippen LogP contribution in [0.2, 0.25) is 0 Å². The number of rotatable bonds is 11. The molecule has 0 heterocycles. The summed E-state index contributed by atoms with van der Waals surface area (Å²) in [5, 5.41) is 0. The first kappa shape index (κ1) is 18.0. The average molecular weight is 256 g/mol. The maximum atomic E-state index is 5.68. The molecule has 0 N–H and O–H groups in total. The van der Waals surface area contributed by atoms with Crippen molar-refractivity contribution in [2.24, 2.45) is 17.3 Å². The summed E-state index contributed by atoms with van der Waals surface area (Å²) in [5.41, 5.74) is 0.496. The number of hydrogen-bond donors (Lipinski definition) is 0. The van der Waals surface area contributed by atoms with Gasteiger partial charge in [-0.1, -0.05) is 54.4 Å². The molecule has 0 aliphatic carbocycles. The Balaban J connectivity index is 3.46. The quantitative estimate of drug-likeness (QED) is 0.432. The molecule has 0 bridgehead atoms. The molecule has 110 valence electrons. The van der Waals surface area contributed by atoms with Crippen molar-refractivity contribution in [3.05, 3.63) is 0 Å². The van der Waals surface area contributed by atoms with E-state index >= 15 is 0 Å². The molecule has 18 heavy (non-hydrogen) atoms. The van der Waals surface area contributed by atoms with Crippen molar-refractivity contribution < 1.29 is 4.74 Å². The Hall–Kier alpha value is -0.0400. The van der Waals surface area contributed by atoms with E-state index in [-0.39, 0.29) is 0 Å². The van der Waals surface area contributed by atoms with Crippen LogP contribution in [0.4, 0.5) is 0 Å².